The molecule has 18 heavy (non-hydrogen) atoms. The fourth-order valence-corrected chi connectivity index (χ4v) is 2.05. The first kappa shape index (κ1) is 12.5. The van der Waals surface area contributed by atoms with Gasteiger partial charge in [0.25, 0.3) is 5.91 Å². The molecule has 1 atom stereocenters. The maximum atomic E-state index is 11.8. The van der Waals surface area contributed by atoms with E-state index in [1.807, 2.05) is 5.43 Å². The van der Waals surface area contributed by atoms with E-state index in [2.05, 4.69) is 0 Å². The normalized spacial score (nSPS) is 19.1. The molecule has 1 heterocycles. The van der Waals surface area contributed by atoms with E-state index in [1.165, 1.54) is 0 Å². The van der Waals surface area contributed by atoms with Crippen LogP contribution in [0.2, 0.25) is 0 Å². The van der Waals surface area contributed by atoms with Crippen LogP contribution in [-0.2, 0) is 4.79 Å². The number of nitrogens with zero attached hydrogens (tertiary/aromatic N) is 1. The van der Waals surface area contributed by atoms with E-state index in [1.54, 1.807) is 29.2 Å². The number of rotatable bonds is 3. The SMILES string of the molecule is NNC(=O)c1cccc(N2CC(CO)CC2=O)c1. The molecule has 96 valence electrons. The third-order valence-corrected chi connectivity index (χ3v) is 3.01. The average Bonchev–Trinajstić information content (AvgIpc) is 2.79. The van der Waals surface area contributed by atoms with Gasteiger partial charge in [-0.05, 0) is 18.2 Å². The van der Waals surface area contributed by atoms with Crippen molar-refractivity contribution < 1.29 is 14.7 Å². The smallest absolute Gasteiger partial charge is 0.265 e. The van der Waals surface area contributed by atoms with Crippen molar-refractivity contribution >= 4 is 17.5 Å². The molecule has 1 aliphatic rings. The fourth-order valence-electron chi connectivity index (χ4n) is 2.05. The Morgan fingerprint density at radius 3 is 2.94 bits per heavy atom. The molecule has 6 nitrogen and oxygen atoms in total. The number of anilines is 1. The molecule has 1 aliphatic heterocycles. The highest BCUT2D eigenvalue weighted by Crippen LogP contribution is 2.25. The number of aliphatic hydroxyl groups is 1. The second kappa shape index (κ2) is 5.16. The number of nitrogens with one attached hydrogen (secondary N) is 1. The van der Waals surface area contributed by atoms with E-state index in [0.29, 0.717) is 24.2 Å². The van der Waals surface area contributed by atoms with Gasteiger partial charge < -0.3 is 10.0 Å². The molecule has 0 spiro atoms. The van der Waals surface area contributed by atoms with E-state index < -0.39 is 5.91 Å². The maximum Gasteiger partial charge on any atom is 0.265 e. The Morgan fingerprint density at radius 2 is 2.33 bits per heavy atom. The quantitative estimate of drug-likeness (QED) is 0.387. The molecule has 1 aromatic carbocycles. The molecule has 0 radical (unpaired) electrons. The van der Waals surface area contributed by atoms with Crippen molar-refractivity contribution in [2.24, 2.45) is 11.8 Å². The molecule has 0 aliphatic carbocycles. The van der Waals surface area contributed by atoms with Crippen LogP contribution in [0.3, 0.4) is 0 Å². The number of amides is 2. The monoisotopic (exact) mass is 249 g/mol. The lowest BCUT2D eigenvalue weighted by Gasteiger charge is -2.17. The first-order valence-corrected chi connectivity index (χ1v) is 5.68. The van der Waals surface area contributed by atoms with Gasteiger partial charge in [-0.2, -0.15) is 0 Å². The highest BCUT2D eigenvalue weighted by atomic mass is 16.3. The standard InChI is InChI=1S/C12H15N3O3/c13-14-12(18)9-2-1-3-10(5-9)15-6-8(7-16)4-11(15)17/h1-3,5,8,16H,4,6-7,13H2,(H,14,18). The summed E-state index contributed by atoms with van der Waals surface area (Å²) < 4.78 is 0. The third-order valence-electron chi connectivity index (χ3n) is 3.01. The van der Waals surface area contributed by atoms with Crippen LogP contribution < -0.4 is 16.2 Å². The van der Waals surface area contributed by atoms with Crippen LogP contribution in [0.15, 0.2) is 24.3 Å². The summed E-state index contributed by atoms with van der Waals surface area (Å²) in [5, 5.41) is 9.07. The van der Waals surface area contributed by atoms with Gasteiger partial charge in [0, 0.05) is 36.7 Å². The predicted molar refractivity (Wildman–Crippen MR) is 65.6 cm³/mol. The number of hydrogen-bond acceptors (Lipinski definition) is 4. The number of benzene rings is 1. The number of nitrogen functional groups attached to an aromatic ring is 1. The van der Waals surface area contributed by atoms with Crippen LogP contribution >= 0.6 is 0 Å². The average molecular weight is 249 g/mol. The molecular formula is C12H15N3O3. The van der Waals surface area contributed by atoms with Gasteiger partial charge in [0.1, 0.15) is 0 Å². The fraction of sp³-hybridized carbons (Fsp3) is 0.333. The molecule has 1 fully saturated rings. The summed E-state index contributed by atoms with van der Waals surface area (Å²) in [6.07, 6.45) is 0.337. The van der Waals surface area contributed by atoms with Crippen molar-refractivity contribution in [2.75, 3.05) is 18.1 Å². The second-order valence-corrected chi connectivity index (χ2v) is 4.28. The lowest BCUT2D eigenvalue weighted by Crippen LogP contribution is -2.30. The molecule has 6 heteroatoms. The van der Waals surface area contributed by atoms with Crippen molar-refractivity contribution in [2.45, 2.75) is 6.42 Å². The number of nitrogens with two attached hydrogens (primary N) is 1. The van der Waals surface area contributed by atoms with Crippen LogP contribution in [0, 0.1) is 5.92 Å². The summed E-state index contributed by atoms with van der Waals surface area (Å²) in [5.74, 6) is 4.58. The topological polar surface area (TPSA) is 95.7 Å². The molecular weight excluding hydrogens is 234 g/mol. The highest BCUT2D eigenvalue weighted by Gasteiger charge is 2.30. The van der Waals surface area contributed by atoms with Gasteiger partial charge in [-0.3, -0.25) is 15.0 Å². The molecule has 0 bridgehead atoms. The van der Waals surface area contributed by atoms with E-state index >= 15 is 0 Å². The first-order chi connectivity index (χ1) is 8.65. The lowest BCUT2D eigenvalue weighted by molar-refractivity contribution is -0.117. The van der Waals surface area contributed by atoms with Gasteiger partial charge in [0.05, 0.1) is 0 Å². The van der Waals surface area contributed by atoms with Crippen molar-refractivity contribution in [1.29, 1.82) is 0 Å². The van der Waals surface area contributed by atoms with Gasteiger partial charge in [-0.1, -0.05) is 6.07 Å². The van der Waals surface area contributed by atoms with Crippen LogP contribution in [0.1, 0.15) is 16.8 Å². The molecule has 1 saturated heterocycles. The predicted octanol–water partition coefficient (Wildman–Crippen LogP) is -0.365. The zero-order valence-corrected chi connectivity index (χ0v) is 9.80. The van der Waals surface area contributed by atoms with Crippen LogP contribution in [0.4, 0.5) is 5.69 Å². The minimum absolute atomic E-state index is 0.00871. The van der Waals surface area contributed by atoms with E-state index in [0.717, 1.165) is 0 Å². The van der Waals surface area contributed by atoms with Gasteiger partial charge in [0.15, 0.2) is 0 Å². The summed E-state index contributed by atoms with van der Waals surface area (Å²) in [5.41, 5.74) is 3.10. The van der Waals surface area contributed by atoms with Crippen LogP contribution in [-0.4, -0.2) is 30.1 Å². The second-order valence-electron chi connectivity index (χ2n) is 4.28. The Hall–Kier alpha value is -1.92. The van der Waals surface area contributed by atoms with E-state index in [-0.39, 0.29) is 18.4 Å². The van der Waals surface area contributed by atoms with Gasteiger partial charge >= 0.3 is 0 Å². The summed E-state index contributed by atoms with van der Waals surface area (Å²) in [4.78, 5) is 24.8. The summed E-state index contributed by atoms with van der Waals surface area (Å²) in [6, 6.07) is 6.68. The first-order valence-electron chi connectivity index (χ1n) is 5.68. The highest BCUT2D eigenvalue weighted by molar-refractivity contribution is 5.99. The molecule has 2 rings (SSSR count). The largest absolute Gasteiger partial charge is 0.396 e. The lowest BCUT2D eigenvalue weighted by atomic mass is 10.1. The summed E-state index contributed by atoms with van der Waals surface area (Å²) in [7, 11) is 0. The Morgan fingerprint density at radius 1 is 1.56 bits per heavy atom. The molecule has 4 N–H and O–H groups in total. The molecule has 0 saturated carbocycles. The number of hydrogen-bond donors (Lipinski definition) is 3. The van der Waals surface area contributed by atoms with Crippen molar-refractivity contribution in [3.63, 3.8) is 0 Å². The summed E-state index contributed by atoms with van der Waals surface area (Å²) in [6.45, 7) is 0.467. The van der Waals surface area contributed by atoms with E-state index in [9.17, 15) is 9.59 Å². The Bertz CT molecular complexity index is 475. The Balaban J connectivity index is 2.24. The molecule has 1 unspecified atom stereocenters. The van der Waals surface area contributed by atoms with Gasteiger partial charge in [-0.15, -0.1) is 0 Å². The Labute approximate surface area is 104 Å². The number of hydrazine groups is 1. The van der Waals surface area contributed by atoms with Gasteiger partial charge in [-0.25, -0.2) is 5.84 Å². The number of carbonyl (C=O) groups is 2. The summed E-state index contributed by atoms with van der Waals surface area (Å²) >= 11 is 0. The number of carbonyl (C=O) groups excluding carboxylic acids is 2. The van der Waals surface area contributed by atoms with Gasteiger partial charge in [0.2, 0.25) is 5.91 Å². The Kier molecular flexibility index (Phi) is 3.59. The minimum atomic E-state index is -0.401. The maximum absolute atomic E-state index is 11.8. The third kappa shape index (κ3) is 2.34. The zero-order valence-electron chi connectivity index (χ0n) is 9.80. The molecule has 2 amide bonds. The zero-order chi connectivity index (χ0) is 13.1. The van der Waals surface area contributed by atoms with Crippen molar-refractivity contribution in [1.82, 2.24) is 5.43 Å². The minimum Gasteiger partial charge on any atom is -0.396 e. The van der Waals surface area contributed by atoms with Crippen LogP contribution in [0.5, 0.6) is 0 Å². The van der Waals surface area contributed by atoms with Crippen molar-refractivity contribution in [3.05, 3.63) is 29.8 Å². The molecule has 1 aromatic rings. The van der Waals surface area contributed by atoms with E-state index in [4.69, 9.17) is 10.9 Å². The number of aliphatic hydroxyl groups excluding tert-OH is 1. The van der Waals surface area contributed by atoms with Crippen LogP contribution in [0.25, 0.3) is 0 Å². The molecule has 0 aromatic heterocycles. The van der Waals surface area contributed by atoms with Crippen molar-refractivity contribution in [3.8, 4) is 0 Å².